The number of hydrogen-bond acceptors (Lipinski definition) is 7. The minimum Gasteiger partial charge on any atom is -0.472 e. The summed E-state index contributed by atoms with van der Waals surface area (Å²) in [6.07, 6.45) is 5.27. The number of rotatable bonds is 8. The Balaban J connectivity index is 1.65. The van der Waals surface area contributed by atoms with Crippen LogP contribution in [0.15, 0.2) is 54.7 Å². The lowest BCUT2D eigenvalue weighted by molar-refractivity contribution is 0.0924. The number of hydrogen-bond donors (Lipinski definition) is 2. The third-order valence-electron chi connectivity index (χ3n) is 6.83. The SMILES string of the molecule is CC(C)(C)c1cc(C(=O)NC2CCC(NS(C)(=O)=O)CC2)c(C#N)c(-c2cccnc2OCc2ccccc2)n1. The van der Waals surface area contributed by atoms with E-state index in [9.17, 15) is 18.5 Å². The average Bonchev–Trinajstić information content (AvgIpc) is 2.91. The fraction of sp³-hybridized carbons (Fsp3) is 0.400. The monoisotopic (exact) mass is 561 g/mol. The van der Waals surface area contributed by atoms with Gasteiger partial charge in [-0.3, -0.25) is 9.78 Å². The standard InChI is InChI=1S/C30H35N5O4S/c1-30(2,3)26-17-24(28(36)33-21-12-14-22(15-13-21)35-40(4,37)38)25(18-31)27(34-26)23-11-8-16-32-29(23)39-19-20-9-6-5-7-10-20/h5-11,16-17,21-22,35H,12-15,19H2,1-4H3,(H,33,36). The fourth-order valence-electron chi connectivity index (χ4n) is 4.75. The average molecular weight is 562 g/mol. The number of nitrogens with one attached hydrogen (secondary N) is 2. The number of benzene rings is 1. The van der Waals surface area contributed by atoms with Gasteiger partial charge >= 0.3 is 0 Å². The van der Waals surface area contributed by atoms with Gasteiger partial charge in [0.25, 0.3) is 5.91 Å². The van der Waals surface area contributed by atoms with E-state index >= 15 is 0 Å². The molecular weight excluding hydrogens is 526 g/mol. The third-order valence-corrected chi connectivity index (χ3v) is 7.59. The van der Waals surface area contributed by atoms with E-state index in [-0.39, 0.29) is 35.7 Å². The van der Waals surface area contributed by atoms with Gasteiger partial charge in [0.2, 0.25) is 15.9 Å². The second kappa shape index (κ2) is 12.1. The van der Waals surface area contributed by atoms with Gasteiger partial charge in [-0.05, 0) is 49.4 Å². The molecule has 1 amide bonds. The number of amides is 1. The second-order valence-corrected chi connectivity index (χ2v) is 13.0. The van der Waals surface area contributed by atoms with Crippen molar-refractivity contribution in [3.05, 3.63) is 77.1 Å². The van der Waals surface area contributed by atoms with Crippen LogP contribution in [0.4, 0.5) is 0 Å². The molecule has 40 heavy (non-hydrogen) atoms. The van der Waals surface area contributed by atoms with Crippen molar-refractivity contribution in [1.82, 2.24) is 20.0 Å². The summed E-state index contributed by atoms with van der Waals surface area (Å²) in [6, 6.07) is 16.9. The highest BCUT2D eigenvalue weighted by molar-refractivity contribution is 7.88. The molecule has 3 aromatic rings. The second-order valence-electron chi connectivity index (χ2n) is 11.2. The van der Waals surface area contributed by atoms with Crippen LogP contribution in [0.25, 0.3) is 11.3 Å². The van der Waals surface area contributed by atoms with Crippen LogP contribution in [0.3, 0.4) is 0 Å². The molecular formula is C30H35N5O4S. The van der Waals surface area contributed by atoms with Crippen LogP contribution in [0, 0.1) is 11.3 Å². The lowest BCUT2D eigenvalue weighted by Crippen LogP contribution is -2.43. The topological polar surface area (TPSA) is 134 Å². The van der Waals surface area contributed by atoms with Gasteiger partial charge in [0.15, 0.2) is 0 Å². The molecule has 1 fully saturated rings. The van der Waals surface area contributed by atoms with Gasteiger partial charge in [-0.25, -0.2) is 18.1 Å². The lowest BCUT2D eigenvalue weighted by Gasteiger charge is -2.29. The molecule has 1 aliphatic rings. The fourth-order valence-corrected chi connectivity index (χ4v) is 5.59. The lowest BCUT2D eigenvalue weighted by atomic mass is 9.88. The molecule has 10 heteroatoms. The zero-order chi connectivity index (χ0) is 28.9. The first-order valence-corrected chi connectivity index (χ1v) is 15.2. The molecule has 0 radical (unpaired) electrons. The first-order valence-electron chi connectivity index (χ1n) is 13.3. The minimum atomic E-state index is -3.29. The Morgan fingerprint density at radius 1 is 1.07 bits per heavy atom. The highest BCUT2D eigenvalue weighted by atomic mass is 32.2. The van der Waals surface area contributed by atoms with Crippen LogP contribution in [-0.2, 0) is 22.0 Å². The van der Waals surface area contributed by atoms with Gasteiger partial charge in [-0.1, -0.05) is 51.1 Å². The molecule has 2 N–H and O–H groups in total. The van der Waals surface area contributed by atoms with Crippen LogP contribution < -0.4 is 14.8 Å². The molecule has 1 aliphatic carbocycles. The molecule has 1 aromatic carbocycles. The molecule has 2 heterocycles. The normalized spacial score (nSPS) is 17.6. The summed E-state index contributed by atoms with van der Waals surface area (Å²) < 4.78 is 31.9. The Hall–Kier alpha value is -3.81. The van der Waals surface area contributed by atoms with Gasteiger partial charge in [-0.15, -0.1) is 0 Å². The van der Waals surface area contributed by atoms with Crippen LogP contribution in [0.5, 0.6) is 5.88 Å². The molecule has 210 valence electrons. The summed E-state index contributed by atoms with van der Waals surface area (Å²) in [7, 11) is -3.29. The van der Waals surface area contributed by atoms with E-state index in [1.165, 1.54) is 0 Å². The summed E-state index contributed by atoms with van der Waals surface area (Å²) >= 11 is 0. The maximum absolute atomic E-state index is 13.6. The Bertz CT molecular complexity index is 1500. The number of nitrogens with zero attached hydrogens (tertiary/aromatic N) is 3. The molecule has 4 rings (SSSR count). The van der Waals surface area contributed by atoms with Crippen molar-refractivity contribution in [3.8, 4) is 23.2 Å². The molecule has 9 nitrogen and oxygen atoms in total. The van der Waals surface area contributed by atoms with Crippen molar-refractivity contribution in [2.75, 3.05) is 6.26 Å². The zero-order valence-electron chi connectivity index (χ0n) is 23.3. The zero-order valence-corrected chi connectivity index (χ0v) is 24.1. The molecule has 0 aliphatic heterocycles. The van der Waals surface area contributed by atoms with E-state index in [2.05, 4.69) is 21.1 Å². The highest BCUT2D eigenvalue weighted by Gasteiger charge is 2.29. The largest absolute Gasteiger partial charge is 0.472 e. The number of aromatic nitrogens is 2. The van der Waals surface area contributed by atoms with Gasteiger partial charge < -0.3 is 10.1 Å². The molecule has 2 aromatic heterocycles. The number of nitriles is 1. The van der Waals surface area contributed by atoms with Gasteiger partial charge in [0.1, 0.15) is 12.7 Å². The van der Waals surface area contributed by atoms with E-state index in [0.717, 1.165) is 11.8 Å². The molecule has 0 spiro atoms. The summed E-state index contributed by atoms with van der Waals surface area (Å²) in [6.45, 7) is 6.28. The van der Waals surface area contributed by atoms with Crippen LogP contribution in [0.2, 0.25) is 0 Å². The maximum atomic E-state index is 13.6. The van der Waals surface area contributed by atoms with Gasteiger partial charge in [0.05, 0.1) is 28.6 Å². The first-order chi connectivity index (χ1) is 18.9. The summed E-state index contributed by atoms with van der Waals surface area (Å²) in [5.41, 5.74) is 2.49. The van der Waals surface area contributed by atoms with E-state index in [0.29, 0.717) is 48.5 Å². The maximum Gasteiger partial charge on any atom is 0.252 e. The first kappa shape index (κ1) is 29.2. The Morgan fingerprint density at radius 3 is 2.38 bits per heavy atom. The van der Waals surface area contributed by atoms with Gasteiger partial charge in [0, 0.05) is 29.4 Å². The van der Waals surface area contributed by atoms with E-state index in [1.807, 2.05) is 51.1 Å². The van der Waals surface area contributed by atoms with Crippen molar-refractivity contribution in [2.45, 2.75) is 70.6 Å². The Labute approximate surface area is 236 Å². The van der Waals surface area contributed by atoms with Crippen LogP contribution >= 0.6 is 0 Å². The molecule has 0 unspecified atom stereocenters. The van der Waals surface area contributed by atoms with Crippen molar-refractivity contribution in [2.24, 2.45) is 0 Å². The van der Waals surface area contributed by atoms with E-state index in [4.69, 9.17) is 9.72 Å². The predicted octanol–water partition coefficient (Wildman–Crippen LogP) is 4.48. The van der Waals surface area contributed by atoms with E-state index < -0.39 is 15.4 Å². The minimum absolute atomic E-state index is 0.130. The number of pyridine rings is 2. The molecule has 0 saturated heterocycles. The summed E-state index contributed by atoms with van der Waals surface area (Å²) in [4.78, 5) is 22.9. The Morgan fingerprint density at radius 2 is 1.75 bits per heavy atom. The van der Waals surface area contributed by atoms with Crippen molar-refractivity contribution in [3.63, 3.8) is 0 Å². The van der Waals surface area contributed by atoms with Crippen molar-refractivity contribution in [1.29, 1.82) is 5.26 Å². The predicted molar refractivity (Wildman–Crippen MR) is 153 cm³/mol. The number of sulfonamides is 1. The number of carbonyl (C=O) groups is 1. The van der Waals surface area contributed by atoms with Gasteiger partial charge in [-0.2, -0.15) is 5.26 Å². The molecule has 0 atom stereocenters. The summed E-state index contributed by atoms with van der Waals surface area (Å²) in [5, 5.41) is 13.3. The van der Waals surface area contributed by atoms with Crippen LogP contribution in [-0.4, -0.2) is 42.6 Å². The smallest absolute Gasteiger partial charge is 0.252 e. The highest BCUT2D eigenvalue weighted by Crippen LogP contribution is 2.34. The third kappa shape index (κ3) is 7.43. The molecule has 1 saturated carbocycles. The van der Waals surface area contributed by atoms with E-state index in [1.54, 1.807) is 24.4 Å². The molecule has 0 bridgehead atoms. The summed E-state index contributed by atoms with van der Waals surface area (Å²) in [5.74, 6) is -0.0367. The van der Waals surface area contributed by atoms with Crippen molar-refractivity contribution < 1.29 is 17.9 Å². The van der Waals surface area contributed by atoms with Crippen molar-refractivity contribution >= 4 is 15.9 Å². The number of carbonyl (C=O) groups excluding carboxylic acids is 1. The Kier molecular flexibility index (Phi) is 8.86. The van der Waals surface area contributed by atoms with Crippen LogP contribution in [0.1, 0.15) is 73.6 Å². The quantitative estimate of drug-likeness (QED) is 0.414. The number of ether oxygens (including phenoxy) is 1.